The molecule has 0 aliphatic carbocycles. The van der Waals surface area contributed by atoms with Crippen molar-refractivity contribution in [2.24, 2.45) is 0 Å². The third-order valence-corrected chi connectivity index (χ3v) is 4.56. The zero-order chi connectivity index (χ0) is 23.1. The van der Waals surface area contributed by atoms with Crippen LogP contribution in [0.25, 0.3) is 0 Å². The van der Waals surface area contributed by atoms with Crippen molar-refractivity contribution in [2.75, 3.05) is 31.5 Å². The normalized spacial score (nSPS) is 10.4. The minimum Gasteiger partial charge on any atom is -0.497 e. The minimum absolute atomic E-state index is 0.118. The van der Waals surface area contributed by atoms with E-state index in [0.717, 1.165) is 0 Å². The highest BCUT2D eigenvalue weighted by Crippen LogP contribution is 2.26. The Labute approximate surface area is 185 Å². The van der Waals surface area contributed by atoms with E-state index in [1.54, 1.807) is 43.3 Å². The van der Waals surface area contributed by atoms with Gasteiger partial charge in [0.25, 0.3) is 5.91 Å². The first-order chi connectivity index (χ1) is 15.4. The van der Waals surface area contributed by atoms with Gasteiger partial charge < -0.3 is 24.8 Å². The summed E-state index contributed by atoms with van der Waals surface area (Å²) in [4.78, 5) is 25.2. The van der Waals surface area contributed by atoms with Crippen LogP contribution >= 0.6 is 0 Å². The lowest BCUT2D eigenvalue weighted by atomic mass is 10.2. The molecule has 32 heavy (non-hydrogen) atoms. The molecule has 168 valence electrons. The summed E-state index contributed by atoms with van der Waals surface area (Å²) in [5.74, 6) is 0.855. The van der Waals surface area contributed by atoms with E-state index in [4.69, 9.17) is 14.2 Å². The van der Waals surface area contributed by atoms with Crippen molar-refractivity contribution in [1.82, 2.24) is 15.0 Å². The molecule has 0 atom stereocenters. The number of carbonyl (C=O) groups is 2. The number of hydrogen-bond acceptors (Lipinski definition) is 7. The molecule has 3 aromatic rings. The summed E-state index contributed by atoms with van der Waals surface area (Å²) in [6, 6.07) is 12.1. The Bertz CT molecular complexity index is 1090. The molecule has 1 heterocycles. The SMILES string of the molecule is CCOc1ccccc1NC(=O)c1nnn(CC(=O)Nc2cc(OC)cc(OC)c2)c1C. The topological polar surface area (TPSA) is 117 Å². The summed E-state index contributed by atoms with van der Waals surface area (Å²) in [7, 11) is 3.05. The van der Waals surface area contributed by atoms with Crippen molar-refractivity contribution < 1.29 is 23.8 Å². The van der Waals surface area contributed by atoms with Gasteiger partial charge in [-0.3, -0.25) is 9.59 Å². The second-order valence-corrected chi connectivity index (χ2v) is 6.71. The zero-order valence-corrected chi connectivity index (χ0v) is 18.3. The van der Waals surface area contributed by atoms with Crippen molar-refractivity contribution in [1.29, 1.82) is 0 Å². The lowest BCUT2D eigenvalue weighted by Crippen LogP contribution is -2.21. The number of ether oxygens (including phenoxy) is 3. The molecule has 3 rings (SSSR count). The molecule has 0 bridgehead atoms. The summed E-state index contributed by atoms with van der Waals surface area (Å²) >= 11 is 0. The molecule has 2 N–H and O–H groups in total. The Hall–Kier alpha value is -4.08. The Kier molecular flexibility index (Phi) is 7.27. The molecule has 1 aromatic heterocycles. The van der Waals surface area contributed by atoms with Gasteiger partial charge in [0.05, 0.1) is 32.2 Å². The first kappa shape index (κ1) is 22.6. The third kappa shape index (κ3) is 5.34. The van der Waals surface area contributed by atoms with Crippen LogP contribution in [0.3, 0.4) is 0 Å². The van der Waals surface area contributed by atoms with Crippen LogP contribution in [-0.4, -0.2) is 47.6 Å². The van der Waals surface area contributed by atoms with Crippen LogP contribution in [0.4, 0.5) is 11.4 Å². The van der Waals surface area contributed by atoms with E-state index in [0.29, 0.717) is 40.9 Å². The molecule has 0 spiro atoms. The van der Waals surface area contributed by atoms with Gasteiger partial charge >= 0.3 is 0 Å². The molecule has 0 aliphatic heterocycles. The van der Waals surface area contributed by atoms with Crippen LogP contribution in [0.2, 0.25) is 0 Å². The summed E-state index contributed by atoms with van der Waals surface area (Å²) in [5.41, 5.74) is 1.61. The van der Waals surface area contributed by atoms with E-state index in [1.807, 2.05) is 13.0 Å². The van der Waals surface area contributed by atoms with Gasteiger partial charge in [0.2, 0.25) is 5.91 Å². The molecular formula is C22H25N5O5. The maximum Gasteiger partial charge on any atom is 0.278 e. The van der Waals surface area contributed by atoms with E-state index in [-0.39, 0.29) is 18.1 Å². The largest absolute Gasteiger partial charge is 0.497 e. The van der Waals surface area contributed by atoms with Gasteiger partial charge in [-0.15, -0.1) is 5.10 Å². The highest BCUT2D eigenvalue weighted by Gasteiger charge is 2.19. The quantitative estimate of drug-likeness (QED) is 0.526. The number of rotatable bonds is 9. The molecule has 0 aliphatic rings. The molecule has 10 heteroatoms. The fourth-order valence-electron chi connectivity index (χ4n) is 2.97. The van der Waals surface area contributed by atoms with Crippen molar-refractivity contribution >= 4 is 23.2 Å². The average Bonchev–Trinajstić information content (AvgIpc) is 3.14. The number of methoxy groups -OCH3 is 2. The Morgan fingerprint density at radius 2 is 1.72 bits per heavy atom. The zero-order valence-electron chi connectivity index (χ0n) is 18.3. The van der Waals surface area contributed by atoms with Gasteiger partial charge in [-0.2, -0.15) is 0 Å². The van der Waals surface area contributed by atoms with Crippen LogP contribution < -0.4 is 24.8 Å². The predicted molar refractivity (Wildman–Crippen MR) is 118 cm³/mol. The molecule has 0 radical (unpaired) electrons. The minimum atomic E-state index is -0.446. The lowest BCUT2D eigenvalue weighted by Gasteiger charge is -2.11. The Balaban J connectivity index is 1.69. The lowest BCUT2D eigenvalue weighted by molar-refractivity contribution is -0.117. The number of carbonyl (C=O) groups excluding carboxylic acids is 2. The second kappa shape index (κ2) is 10.3. The monoisotopic (exact) mass is 439 g/mol. The van der Waals surface area contributed by atoms with E-state index in [2.05, 4.69) is 20.9 Å². The van der Waals surface area contributed by atoms with Crippen LogP contribution in [0, 0.1) is 6.92 Å². The molecular weight excluding hydrogens is 414 g/mol. The fraction of sp³-hybridized carbons (Fsp3) is 0.273. The fourth-order valence-corrected chi connectivity index (χ4v) is 2.97. The van der Waals surface area contributed by atoms with Crippen LogP contribution in [-0.2, 0) is 11.3 Å². The van der Waals surface area contributed by atoms with Crippen LogP contribution in [0.5, 0.6) is 17.2 Å². The Morgan fingerprint density at radius 3 is 2.38 bits per heavy atom. The van der Waals surface area contributed by atoms with E-state index >= 15 is 0 Å². The number of nitrogens with zero attached hydrogens (tertiary/aromatic N) is 3. The average molecular weight is 439 g/mol. The van der Waals surface area contributed by atoms with Gasteiger partial charge in [0.15, 0.2) is 5.69 Å². The van der Waals surface area contributed by atoms with Crippen molar-refractivity contribution in [3.8, 4) is 17.2 Å². The number of hydrogen-bond donors (Lipinski definition) is 2. The summed E-state index contributed by atoms with van der Waals surface area (Å²) in [6.45, 7) is 3.88. The molecule has 0 saturated carbocycles. The first-order valence-electron chi connectivity index (χ1n) is 9.91. The molecule has 2 aromatic carbocycles. The first-order valence-corrected chi connectivity index (χ1v) is 9.91. The molecule has 0 unspecified atom stereocenters. The number of aromatic nitrogens is 3. The maximum absolute atomic E-state index is 12.7. The number of para-hydroxylation sites is 2. The highest BCUT2D eigenvalue weighted by atomic mass is 16.5. The Morgan fingerprint density at radius 1 is 1.03 bits per heavy atom. The van der Waals surface area contributed by atoms with Crippen LogP contribution in [0.1, 0.15) is 23.1 Å². The summed E-state index contributed by atoms with van der Waals surface area (Å²) in [5, 5.41) is 13.4. The van der Waals surface area contributed by atoms with E-state index in [9.17, 15) is 9.59 Å². The molecule has 10 nitrogen and oxygen atoms in total. The molecule has 2 amide bonds. The smallest absolute Gasteiger partial charge is 0.278 e. The molecule has 0 fully saturated rings. The number of amides is 2. The predicted octanol–water partition coefficient (Wildman–Crippen LogP) is 2.89. The summed E-state index contributed by atoms with van der Waals surface area (Å²) < 4.78 is 17.3. The van der Waals surface area contributed by atoms with Gasteiger partial charge in [-0.25, -0.2) is 4.68 Å². The highest BCUT2D eigenvalue weighted by molar-refractivity contribution is 6.04. The number of anilines is 2. The number of nitrogens with one attached hydrogen (secondary N) is 2. The maximum atomic E-state index is 12.7. The standard InChI is InChI=1S/C22H25N5O5/c1-5-32-19-9-7-6-8-18(19)24-22(29)21-14(2)27(26-25-21)13-20(28)23-15-10-16(30-3)12-17(11-15)31-4/h6-12H,5,13H2,1-4H3,(H,23,28)(H,24,29). The van der Waals surface area contributed by atoms with Crippen molar-refractivity contribution in [3.05, 3.63) is 53.9 Å². The second-order valence-electron chi connectivity index (χ2n) is 6.71. The van der Waals surface area contributed by atoms with Gasteiger partial charge in [0.1, 0.15) is 23.8 Å². The van der Waals surface area contributed by atoms with Gasteiger partial charge in [-0.05, 0) is 26.0 Å². The van der Waals surface area contributed by atoms with Gasteiger partial charge in [-0.1, -0.05) is 17.3 Å². The number of benzene rings is 2. The van der Waals surface area contributed by atoms with E-state index < -0.39 is 5.91 Å². The molecule has 0 saturated heterocycles. The van der Waals surface area contributed by atoms with Crippen molar-refractivity contribution in [2.45, 2.75) is 20.4 Å². The third-order valence-electron chi connectivity index (χ3n) is 4.56. The summed E-state index contributed by atoms with van der Waals surface area (Å²) in [6.07, 6.45) is 0. The van der Waals surface area contributed by atoms with Crippen LogP contribution in [0.15, 0.2) is 42.5 Å². The van der Waals surface area contributed by atoms with Crippen molar-refractivity contribution in [3.63, 3.8) is 0 Å². The van der Waals surface area contributed by atoms with E-state index in [1.165, 1.54) is 18.9 Å². The van der Waals surface area contributed by atoms with Gasteiger partial charge in [0, 0.05) is 23.9 Å².